The SMILES string of the molecule is CC(C)=CCC/C(C)=C/CC/C(C)=C/CC/C(C)=C/CC(P(=O)(O)O)P(=O)(O)O. The van der Waals surface area contributed by atoms with Gasteiger partial charge in [0.05, 0.1) is 0 Å². The number of rotatable bonds is 13. The zero-order valence-corrected chi connectivity index (χ0v) is 20.1. The van der Waals surface area contributed by atoms with Gasteiger partial charge in [-0.3, -0.25) is 9.13 Å². The van der Waals surface area contributed by atoms with E-state index in [4.69, 9.17) is 19.6 Å². The summed E-state index contributed by atoms with van der Waals surface area (Å²) in [6, 6.07) is 0. The molecule has 0 aromatic rings. The number of allylic oxidation sites excluding steroid dienone is 8. The van der Waals surface area contributed by atoms with E-state index < -0.39 is 20.6 Å². The Kier molecular flexibility index (Phi) is 13.2. The summed E-state index contributed by atoms with van der Waals surface area (Å²) < 4.78 is 22.6. The van der Waals surface area contributed by atoms with Crippen LogP contribution in [0, 0.1) is 0 Å². The molecule has 29 heavy (non-hydrogen) atoms. The molecular weight excluding hydrogens is 410 g/mol. The van der Waals surface area contributed by atoms with Gasteiger partial charge in [-0.15, -0.1) is 0 Å². The predicted octanol–water partition coefficient (Wildman–Crippen LogP) is 6.20. The fourth-order valence-corrected chi connectivity index (χ4v) is 5.09. The fourth-order valence-electron chi connectivity index (χ4n) is 2.76. The Balaban J connectivity index is 4.45. The quantitative estimate of drug-likeness (QED) is 0.197. The molecule has 0 aliphatic rings. The maximum atomic E-state index is 11.3. The molecule has 4 N–H and O–H groups in total. The Hall–Kier alpha value is -0.740. The molecule has 6 nitrogen and oxygen atoms in total. The maximum absolute atomic E-state index is 11.3. The molecule has 168 valence electrons. The first kappa shape index (κ1) is 28.3. The van der Waals surface area contributed by atoms with Gasteiger partial charge in [0.2, 0.25) is 0 Å². The average molecular weight is 448 g/mol. The summed E-state index contributed by atoms with van der Waals surface area (Å²) in [6.45, 7) is 10.3. The minimum absolute atomic E-state index is 0.333. The summed E-state index contributed by atoms with van der Waals surface area (Å²) >= 11 is 0. The Morgan fingerprint density at radius 2 is 1.00 bits per heavy atom. The van der Waals surface area contributed by atoms with Gasteiger partial charge in [-0.05, 0) is 79.6 Å². The summed E-state index contributed by atoms with van der Waals surface area (Å²) in [5.41, 5.74) is 4.89. The van der Waals surface area contributed by atoms with Gasteiger partial charge in [-0.25, -0.2) is 0 Å². The second-order valence-electron chi connectivity index (χ2n) is 7.94. The van der Waals surface area contributed by atoms with Crippen molar-refractivity contribution in [2.24, 2.45) is 0 Å². The molecule has 8 heteroatoms. The van der Waals surface area contributed by atoms with Crippen LogP contribution in [0.15, 0.2) is 46.6 Å². The van der Waals surface area contributed by atoms with Crippen molar-refractivity contribution >= 4 is 15.2 Å². The van der Waals surface area contributed by atoms with Crippen LogP contribution in [-0.4, -0.2) is 25.0 Å². The Bertz CT molecular complexity index is 695. The second-order valence-corrected chi connectivity index (χ2v) is 12.0. The molecular formula is C21H38O6P2. The van der Waals surface area contributed by atoms with Crippen molar-refractivity contribution in [1.82, 2.24) is 0 Å². The van der Waals surface area contributed by atoms with Crippen LogP contribution in [0.2, 0.25) is 0 Å². The molecule has 0 aliphatic carbocycles. The third-order valence-corrected chi connectivity index (χ3v) is 8.39. The van der Waals surface area contributed by atoms with E-state index >= 15 is 0 Å². The van der Waals surface area contributed by atoms with E-state index in [-0.39, 0.29) is 6.42 Å². The molecule has 0 rings (SSSR count). The standard InChI is InChI=1S/C21H38O6P2/c1-17(2)9-6-10-18(3)11-7-12-19(4)13-8-14-20(5)15-16-21(28(22,23)24)29(25,26)27/h9,11,13,15,21H,6-8,10,12,14,16H2,1-5H3,(H2,22,23,24)(H2,25,26,27)/b18-11+,19-13+,20-15+. The van der Waals surface area contributed by atoms with Crippen molar-refractivity contribution in [2.75, 3.05) is 0 Å². The highest BCUT2D eigenvalue weighted by molar-refractivity contribution is 7.70. The molecule has 0 saturated carbocycles. The summed E-state index contributed by atoms with van der Waals surface area (Å²) in [5, 5.41) is -1.96. The fraction of sp³-hybridized carbons (Fsp3) is 0.619. The summed E-state index contributed by atoms with van der Waals surface area (Å²) in [6.07, 6.45) is 13.5. The lowest BCUT2D eigenvalue weighted by Gasteiger charge is -2.18. The second kappa shape index (κ2) is 13.5. The van der Waals surface area contributed by atoms with Crippen LogP contribution in [0.4, 0.5) is 0 Å². The lowest BCUT2D eigenvalue weighted by atomic mass is 10.0. The van der Waals surface area contributed by atoms with Gasteiger partial charge < -0.3 is 19.6 Å². The topological polar surface area (TPSA) is 115 Å². The van der Waals surface area contributed by atoms with Gasteiger partial charge >= 0.3 is 15.2 Å². The average Bonchev–Trinajstić information content (AvgIpc) is 2.52. The largest absolute Gasteiger partial charge is 0.341 e. The van der Waals surface area contributed by atoms with E-state index in [0.29, 0.717) is 6.42 Å². The number of hydrogen-bond acceptors (Lipinski definition) is 2. The molecule has 0 saturated heterocycles. The van der Waals surface area contributed by atoms with Gasteiger partial charge in [-0.2, -0.15) is 0 Å². The highest BCUT2D eigenvalue weighted by atomic mass is 31.2. The maximum Gasteiger partial charge on any atom is 0.341 e. The highest BCUT2D eigenvalue weighted by Crippen LogP contribution is 2.61. The van der Waals surface area contributed by atoms with E-state index in [0.717, 1.165) is 37.7 Å². The summed E-state index contributed by atoms with van der Waals surface area (Å²) in [7, 11) is -9.71. The summed E-state index contributed by atoms with van der Waals surface area (Å²) in [5.74, 6) is 0. The van der Waals surface area contributed by atoms with Gasteiger partial charge in [0, 0.05) is 0 Å². The van der Waals surface area contributed by atoms with Crippen LogP contribution < -0.4 is 0 Å². The van der Waals surface area contributed by atoms with Gasteiger partial charge in [-0.1, -0.05) is 46.6 Å². The van der Waals surface area contributed by atoms with Crippen molar-refractivity contribution < 1.29 is 28.7 Å². The number of hydrogen-bond donors (Lipinski definition) is 4. The molecule has 0 fully saturated rings. The van der Waals surface area contributed by atoms with Crippen LogP contribution in [0.3, 0.4) is 0 Å². The van der Waals surface area contributed by atoms with Crippen molar-refractivity contribution in [3.63, 3.8) is 0 Å². The zero-order chi connectivity index (χ0) is 22.7. The lowest BCUT2D eigenvalue weighted by molar-refractivity contribution is 0.338. The Morgan fingerprint density at radius 3 is 1.34 bits per heavy atom. The van der Waals surface area contributed by atoms with Crippen molar-refractivity contribution in [3.05, 3.63) is 46.6 Å². The molecule has 0 radical (unpaired) electrons. The third-order valence-electron chi connectivity index (χ3n) is 4.61. The van der Waals surface area contributed by atoms with E-state index in [1.165, 1.54) is 22.8 Å². The molecule has 0 spiro atoms. The monoisotopic (exact) mass is 448 g/mol. The van der Waals surface area contributed by atoms with E-state index in [1.807, 2.05) is 0 Å². The Labute approximate surface area is 175 Å². The molecule has 0 heterocycles. The lowest BCUT2D eigenvalue weighted by Crippen LogP contribution is -2.08. The molecule has 0 unspecified atom stereocenters. The third kappa shape index (κ3) is 14.8. The highest BCUT2D eigenvalue weighted by Gasteiger charge is 2.42. The van der Waals surface area contributed by atoms with Crippen molar-refractivity contribution in [3.8, 4) is 0 Å². The first-order valence-electron chi connectivity index (χ1n) is 9.94. The predicted molar refractivity (Wildman–Crippen MR) is 121 cm³/mol. The molecule has 0 amide bonds. The van der Waals surface area contributed by atoms with Gasteiger partial charge in [0.1, 0.15) is 0 Å². The van der Waals surface area contributed by atoms with Crippen molar-refractivity contribution in [1.29, 1.82) is 0 Å². The zero-order valence-electron chi connectivity index (χ0n) is 18.3. The minimum Gasteiger partial charge on any atom is -0.324 e. The van der Waals surface area contributed by atoms with E-state index in [1.54, 1.807) is 6.92 Å². The van der Waals surface area contributed by atoms with Crippen LogP contribution in [-0.2, 0) is 9.13 Å². The van der Waals surface area contributed by atoms with Crippen LogP contribution in [0.25, 0.3) is 0 Å². The van der Waals surface area contributed by atoms with Gasteiger partial charge in [0.25, 0.3) is 0 Å². The van der Waals surface area contributed by atoms with Crippen LogP contribution in [0.1, 0.15) is 79.6 Å². The minimum atomic E-state index is -4.86. The van der Waals surface area contributed by atoms with Gasteiger partial charge in [0.15, 0.2) is 5.40 Å². The molecule has 0 aromatic heterocycles. The first-order chi connectivity index (χ1) is 13.2. The van der Waals surface area contributed by atoms with Crippen LogP contribution >= 0.6 is 15.2 Å². The molecule has 0 aromatic carbocycles. The molecule has 0 bridgehead atoms. The van der Waals surface area contributed by atoms with Crippen LogP contribution in [0.5, 0.6) is 0 Å². The normalized spacial score (nSPS) is 14.5. The Morgan fingerprint density at radius 1 is 0.655 bits per heavy atom. The summed E-state index contributed by atoms with van der Waals surface area (Å²) in [4.78, 5) is 36.6. The smallest absolute Gasteiger partial charge is 0.324 e. The van der Waals surface area contributed by atoms with Crippen molar-refractivity contribution in [2.45, 2.75) is 85.0 Å². The molecule has 0 atom stereocenters. The van der Waals surface area contributed by atoms with E-state index in [9.17, 15) is 9.13 Å². The van der Waals surface area contributed by atoms with E-state index in [2.05, 4.69) is 45.9 Å². The molecule has 0 aliphatic heterocycles. The first-order valence-corrected chi connectivity index (χ1v) is 13.3.